The standard InChI is InChI=1S/C11H12NO3/c13-9-12-7-6-11(14)15-8-10-4-2-1-3-5-10/h1-5H,6-8H2,(H,12,13). The summed E-state index contributed by atoms with van der Waals surface area (Å²) in [6.07, 6.45) is 1.66. The van der Waals surface area contributed by atoms with E-state index in [1.54, 1.807) is 0 Å². The van der Waals surface area contributed by atoms with Gasteiger partial charge in [-0.1, -0.05) is 30.3 Å². The Labute approximate surface area is 88.2 Å². The van der Waals surface area contributed by atoms with Crippen LogP contribution in [0.5, 0.6) is 0 Å². The molecule has 79 valence electrons. The highest BCUT2D eigenvalue weighted by Crippen LogP contribution is 2.01. The zero-order valence-corrected chi connectivity index (χ0v) is 8.23. The molecule has 0 aliphatic rings. The molecule has 0 aromatic heterocycles. The van der Waals surface area contributed by atoms with E-state index in [4.69, 9.17) is 4.74 Å². The Kier molecular flexibility index (Phi) is 4.94. The summed E-state index contributed by atoms with van der Waals surface area (Å²) < 4.78 is 4.97. The van der Waals surface area contributed by atoms with Gasteiger partial charge in [0.15, 0.2) is 0 Å². The maximum atomic E-state index is 11.1. The molecule has 0 unspecified atom stereocenters. The van der Waals surface area contributed by atoms with Crippen LogP contribution in [0.2, 0.25) is 0 Å². The topological polar surface area (TPSA) is 55.4 Å². The summed E-state index contributed by atoms with van der Waals surface area (Å²) in [5.74, 6) is -0.332. The molecule has 0 saturated heterocycles. The van der Waals surface area contributed by atoms with Crippen molar-refractivity contribution in [1.29, 1.82) is 0 Å². The lowest BCUT2D eigenvalue weighted by molar-refractivity contribution is -0.144. The Bertz CT molecular complexity index is 311. The van der Waals surface area contributed by atoms with E-state index in [-0.39, 0.29) is 25.5 Å². The van der Waals surface area contributed by atoms with Crippen LogP contribution in [0.15, 0.2) is 30.3 Å². The number of hydrogen-bond acceptors (Lipinski definition) is 3. The second-order valence-corrected chi connectivity index (χ2v) is 2.93. The zero-order chi connectivity index (χ0) is 10.9. The van der Waals surface area contributed by atoms with Gasteiger partial charge < -0.3 is 10.1 Å². The van der Waals surface area contributed by atoms with Crippen molar-refractivity contribution in [2.24, 2.45) is 0 Å². The van der Waals surface area contributed by atoms with E-state index in [0.717, 1.165) is 5.56 Å². The molecule has 1 aromatic rings. The summed E-state index contributed by atoms with van der Waals surface area (Å²) in [7, 11) is 0. The molecule has 0 saturated carbocycles. The molecule has 1 amide bonds. The van der Waals surface area contributed by atoms with Gasteiger partial charge in [0.2, 0.25) is 0 Å². The molecule has 0 aliphatic carbocycles. The molecular formula is C11H12NO3. The quantitative estimate of drug-likeness (QED) is 0.425. The Morgan fingerprint density at radius 1 is 1.33 bits per heavy atom. The van der Waals surface area contributed by atoms with E-state index in [0.29, 0.717) is 0 Å². The van der Waals surface area contributed by atoms with Crippen LogP contribution in [-0.4, -0.2) is 18.9 Å². The average Bonchev–Trinajstić information content (AvgIpc) is 2.28. The number of benzene rings is 1. The Hall–Kier alpha value is -1.84. The molecule has 0 heterocycles. The van der Waals surface area contributed by atoms with Crippen LogP contribution in [0.4, 0.5) is 0 Å². The number of hydrogen-bond donors (Lipinski definition) is 1. The molecular weight excluding hydrogens is 194 g/mol. The summed E-state index contributed by atoms with van der Waals surface area (Å²) in [6, 6.07) is 9.42. The molecule has 0 fully saturated rings. The van der Waals surface area contributed by atoms with Crippen molar-refractivity contribution in [3.63, 3.8) is 0 Å². The number of ether oxygens (including phenoxy) is 1. The lowest BCUT2D eigenvalue weighted by Gasteiger charge is -2.03. The van der Waals surface area contributed by atoms with Gasteiger partial charge in [-0.25, -0.2) is 0 Å². The summed E-state index contributed by atoms with van der Waals surface area (Å²) >= 11 is 0. The molecule has 4 nitrogen and oxygen atoms in total. The number of nitrogens with one attached hydrogen (secondary N) is 1. The Morgan fingerprint density at radius 3 is 2.73 bits per heavy atom. The fraction of sp³-hybridized carbons (Fsp3) is 0.273. The summed E-state index contributed by atoms with van der Waals surface area (Å²) in [6.45, 7) is 0.529. The van der Waals surface area contributed by atoms with Gasteiger partial charge in [-0.15, -0.1) is 0 Å². The summed E-state index contributed by atoms with van der Waals surface area (Å²) in [5.41, 5.74) is 0.945. The van der Waals surface area contributed by atoms with Gasteiger partial charge >= 0.3 is 12.4 Å². The van der Waals surface area contributed by atoms with Crippen LogP contribution in [-0.2, 0) is 20.9 Å². The maximum Gasteiger partial charge on any atom is 0.309 e. The van der Waals surface area contributed by atoms with Gasteiger partial charge in [0, 0.05) is 6.54 Å². The second-order valence-electron chi connectivity index (χ2n) is 2.93. The lowest BCUT2D eigenvalue weighted by Crippen LogP contribution is -2.17. The smallest absolute Gasteiger partial charge is 0.309 e. The zero-order valence-electron chi connectivity index (χ0n) is 8.23. The number of carbonyl (C=O) groups excluding carboxylic acids is 2. The highest BCUT2D eigenvalue weighted by Gasteiger charge is 2.02. The van der Waals surface area contributed by atoms with Gasteiger partial charge in [-0.3, -0.25) is 9.59 Å². The first kappa shape index (κ1) is 11.2. The third kappa shape index (κ3) is 4.81. The van der Waals surface area contributed by atoms with E-state index < -0.39 is 0 Å². The average molecular weight is 206 g/mol. The van der Waals surface area contributed by atoms with Gasteiger partial charge in [-0.2, -0.15) is 0 Å². The van der Waals surface area contributed by atoms with Crippen molar-refractivity contribution < 1.29 is 14.3 Å². The summed E-state index contributed by atoms with van der Waals surface area (Å²) in [4.78, 5) is 20.9. The van der Waals surface area contributed by atoms with Crippen molar-refractivity contribution in [2.75, 3.05) is 6.54 Å². The molecule has 0 spiro atoms. The van der Waals surface area contributed by atoms with Crippen LogP contribution in [0.25, 0.3) is 0 Å². The van der Waals surface area contributed by atoms with Crippen LogP contribution in [0.3, 0.4) is 0 Å². The van der Waals surface area contributed by atoms with Crippen molar-refractivity contribution in [1.82, 2.24) is 5.32 Å². The largest absolute Gasteiger partial charge is 0.461 e. The lowest BCUT2D eigenvalue weighted by atomic mass is 10.2. The predicted molar refractivity (Wildman–Crippen MR) is 54.6 cm³/mol. The van der Waals surface area contributed by atoms with Crippen LogP contribution in [0, 0.1) is 0 Å². The number of amides is 1. The molecule has 1 N–H and O–H groups in total. The minimum atomic E-state index is -0.332. The predicted octanol–water partition coefficient (Wildman–Crippen LogP) is 0.777. The van der Waals surface area contributed by atoms with Crippen molar-refractivity contribution >= 4 is 12.4 Å². The SMILES string of the molecule is O=[C]NCCC(=O)OCc1ccccc1. The third-order valence-corrected chi connectivity index (χ3v) is 1.77. The highest BCUT2D eigenvalue weighted by molar-refractivity contribution is 5.70. The van der Waals surface area contributed by atoms with E-state index in [1.807, 2.05) is 30.3 Å². The molecule has 0 bridgehead atoms. The van der Waals surface area contributed by atoms with E-state index in [9.17, 15) is 9.59 Å². The fourth-order valence-corrected chi connectivity index (χ4v) is 1.03. The molecule has 4 heteroatoms. The normalized spacial score (nSPS) is 9.33. The van der Waals surface area contributed by atoms with Crippen LogP contribution in [0.1, 0.15) is 12.0 Å². The molecule has 0 atom stereocenters. The molecule has 1 rings (SSSR count). The van der Waals surface area contributed by atoms with E-state index >= 15 is 0 Å². The van der Waals surface area contributed by atoms with E-state index in [2.05, 4.69) is 5.32 Å². The van der Waals surface area contributed by atoms with E-state index in [1.165, 1.54) is 6.41 Å². The first-order valence-electron chi connectivity index (χ1n) is 4.62. The second kappa shape index (κ2) is 6.59. The highest BCUT2D eigenvalue weighted by atomic mass is 16.5. The number of esters is 1. The van der Waals surface area contributed by atoms with Gasteiger partial charge in [-0.05, 0) is 5.56 Å². The van der Waals surface area contributed by atoms with Gasteiger partial charge in [0.25, 0.3) is 0 Å². The number of carbonyl (C=O) groups is 1. The number of rotatable bonds is 6. The molecule has 1 radical (unpaired) electrons. The van der Waals surface area contributed by atoms with Crippen LogP contribution >= 0.6 is 0 Å². The monoisotopic (exact) mass is 206 g/mol. The Morgan fingerprint density at radius 2 is 2.07 bits per heavy atom. The third-order valence-electron chi connectivity index (χ3n) is 1.77. The van der Waals surface area contributed by atoms with Gasteiger partial charge in [0.05, 0.1) is 6.42 Å². The maximum absolute atomic E-state index is 11.1. The molecule has 1 aromatic carbocycles. The van der Waals surface area contributed by atoms with Crippen LogP contribution < -0.4 is 5.32 Å². The molecule has 15 heavy (non-hydrogen) atoms. The van der Waals surface area contributed by atoms with Crippen molar-refractivity contribution in [3.8, 4) is 0 Å². The minimum Gasteiger partial charge on any atom is -0.461 e. The first-order chi connectivity index (χ1) is 7.33. The minimum absolute atomic E-state index is 0.169. The molecule has 0 aliphatic heterocycles. The summed E-state index contributed by atoms with van der Waals surface area (Å²) in [5, 5.41) is 2.27. The Balaban J connectivity index is 2.20. The van der Waals surface area contributed by atoms with Gasteiger partial charge in [0.1, 0.15) is 6.61 Å². The van der Waals surface area contributed by atoms with Crippen molar-refractivity contribution in [2.45, 2.75) is 13.0 Å². The first-order valence-corrected chi connectivity index (χ1v) is 4.62. The van der Waals surface area contributed by atoms with Crippen molar-refractivity contribution in [3.05, 3.63) is 35.9 Å². The fourth-order valence-electron chi connectivity index (χ4n) is 1.03.